The molecule has 6 rings (SSSR count). The molecule has 2 aromatic heterocycles. The van der Waals surface area contributed by atoms with E-state index >= 15 is 0 Å². The van der Waals surface area contributed by atoms with Gasteiger partial charge >= 0.3 is 35.0 Å². The molecule has 0 radical (unpaired) electrons. The molecule has 4 aliphatic rings. The fourth-order valence-electron chi connectivity index (χ4n) is 8.29. The van der Waals surface area contributed by atoms with Crippen molar-refractivity contribution in [1.82, 2.24) is 9.97 Å². The van der Waals surface area contributed by atoms with E-state index in [4.69, 9.17) is 30.1 Å². The third-order valence-electron chi connectivity index (χ3n) is 11.2. The zero-order valence-corrected chi connectivity index (χ0v) is 32.1. The minimum atomic E-state index is -1.38. The Morgan fingerprint density at radius 1 is 1.12 bits per heavy atom. The van der Waals surface area contributed by atoms with Gasteiger partial charge < -0.3 is 35.2 Å². The summed E-state index contributed by atoms with van der Waals surface area (Å²) in [5, 5.41) is 23.8. The van der Waals surface area contributed by atoms with E-state index < -0.39 is 41.4 Å². The smallest absolute Gasteiger partial charge is 0.662 e. The number of aliphatic hydroxyl groups is 1. The van der Waals surface area contributed by atoms with Crippen LogP contribution in [0.15, 0.2) is 42.3 Å². The molecule has 11 heteroatoms. The number of carbonyl (C=O) groups is 3. The number of hydrogen-bond acceptors (Lipinski definition) is 6. The molecule has 2 saturated heterocycles. The Morgan fingerprint density at radius 3 is 2.47 bits per heavy atom. The number of hydrogen-bond donors (Lipinski definition) is 1. The molecule has 0 amide bonds. The summed E-state index contributed by atoms with van der Waals surface area (Å²) < 4.78 is 10.7. The maximum absolute atomic E-state index is 14.2. The van der Waals surface area contributed by atoms with Crippen LogP contribution in [0.2, 0.25) is 0 Å². The monoisotopic (exact) mass is 702 g/mol. The van der Waals surface area contributed by atoms with Crippen molar-refractivity contribution in [3.8, 4) is 0 Å². The van der Waals surface area contributed by atoms with Gasteiger partial charge in [-0.1, -0.05) is 59.8 Å². The second-order valence-corrected chi connectivity index (χ2v) is 14.3. The van der Waals surface area contributed by atoms with Crippen molar-refractivity contribution in [2.45, 2.75) is 84.4 Å². The molecule has 8 atom stereocenters. The Balaban J connectivity index is 0.00000504. The van der Waals surface area contributed by atoms with E-state index in [1.165, 1.54) is 7.11 Å². The molecule has 51 heavy (non-hydrogen) atoms. The minimum absolute atomic E-state index is 0. The molecule has 2 aromatic rings. The molecule has 10 nitrogen and oxygen atoms in total. The van der Waals surface area contributed by atoms with Crippen LogP contribution < -0.4 is 20.5 Å². The molecular formula is C40H46MgN4O6-2. The Kier molecular flexibility index (Phi) is 11.2. The van der Waals surface area contributed by atoms with Gasteiger partial charge in [-0.2, -0.15) is 5.70 Å². The van der Waals surface area contributed by atoms with Gasteiger partial charge in [0, 0.05) is 24.3 Å². The third kappa shape index (κ3) is 6.62. The summed E-state index contributed by atoms with van der Waals surface area (Å²) >= 11 is 0. The maximum atomic E-state index is 14.2. The molecule has 266 valence electrons. The number of ether oxygens (including phenoxy) is 2. The number of Topliss-reactive ketones (excluding diaryl/α,β-unsaturated/α-hetero) is 1. The molecule has 2 fully saturated rings. The standard InChI is InChI=1S/C40H47N4O6.Mg/c1-10-23-20(5)26-17-30-25(11-2)40(8,48)31(42-30)18-28-21(6)24(12-13-32(45)50-15-14-19(3)4)36(43-28)34-35(39(47)49-9)38(46)33-22(7)27(44-37(33)34)16-29(23)41-26;/h10-11,16-18,21,24-25,28,34-36,48H,2-3,12-15H2,1,4-9H3,(H,44,46);/q-3;+2/p-1/b23-10+,29-16-,30-17-,31-18-;/t21-,24-,25?,28?,34?,35+,36?,40+;/m0./s1. The first kappa shape index (κ1) is 38.6. The van der Waals surface area contributed by atoms with Crippen LogP contribution in [-0.4, -0.2) is 77.3 Å². The molecule has 0 spiro atoms. The Bertz CT molecular complexity index is 1960. The summed E-state index contributed by atoms with van der Waals surface area (Å²) in [4.78, 5) is 50.6. The molecule has 8 bridgehead atoms. The van der Waals surface area contributed by atoms with Gasteiger partial charge in [0.1, 0.15) is 5.92 Å². The average Bonchev–Trinajstić information content (AvgIpc) is 3.79. The predicted octanol–water partition coefficient (Wildman–Crippen LogP) is 4.38. The van der Waals surface area contributed by atoms with Crippen molar-refractivity contribution in [3.63, 3.8) is 0 Å². The van der Waals surface area contributed by atoms with Gasteiger partial charge in [-0.25, -0.2) is 0 Å². The van der Waals surface area contributed by atoms with Crippen LogP contribution in [0.5, 0.6) is 0 Å². The van der Waals surface area contributed by atoms with Crippen molar-refractivity contribution in [2.24, 2.45) is 23.7 Å². The fraction of sp³-hybridized carbons (Fsp3) is 0.475. The van der Waals surface area contributed by atoms with E-state index in [0.717, 1.165) is 16.4 Å². The van der Waals surface area contributed by atoms with E-state index in [1.54, 1.807) is 13.0 Å². The van der Waals surface area contributed by atoms with Gasteiger partial charge in [-0.3, -0.25) is 14.4 Å². The maximum Gasteiger partial charge on any atom is 2.00 e. The quantitative estimate of drug-likeness (QED) is 0.185. The summed E-state index contributed by atoms with van der Waals surface area (Å²) in [6.45, 7) is 19.6. The van der Waals surface area contributed by atoms with E-state index in [-0.39, 0.29) is 59.7 Å². The normalized spacial score (nSPS) is 32.1. The van der Waals surface area contributed by atoms with Crippen LogP contribution in [0.4, 0.5) is 0 Å². The zero-order valence-electron chi connectivity index (χ0n) is 30.7. The van der Waals surface area contributed by atoms with Crippen LogP contribution >= 0.6 is 0 Å². The van der Waals surface area contributed by atoms with Gasteiger partial charge in [-0.05, 0) is 52.2 Å². The first-order valence-corrected chi connectivity index (χ1v) is 17.3. The van der Waals surface area contributed by atoms with Crippen molar-refractivity contribution in [1.29, 1.82) is 0 Å². The first-order valence-electron chi connectivity index (χ1n) is 17.3. The predicted molar refractivity (Wildman–Crippen MR) is 197 cm³/mol. The number of rotatable bonds is 8. The van der Waals surface area contributed by atoms with Gasteiger partial charge in [-0.15, -0.1) is 59.4 Å². The molecule has 0 aromatic carbocycles. The molecule has 1 aliphatic carbocycles. The summed E-state index contributed by atoms with van der Waals surface area (Å²) in [7, 11) is 1.28. The second-order valence-electron chi connectivity index (χ2n) is 14.3. The average molecular weight is 703 g/mol. The molecular weight excluding hydrogens is 657 g/mol. The van der Waals surface area contributed by atoms with Gasteiger partial charge in [0.2, 0.25) is 0 Å². The van der Waals surface area contributed by atoms with Crippen LogP contribution in [0.3, 0.4) is 0 Å². The zero-order chi connectivity index (χ0) is 36.2. The van der Waals surface area contributed by atoms with Crippen molar-refractivity contribution >= 4 is 59.0 Å². The van der Waals surface area contributed by atoms with E-state index in [0.29, 0.717) is 57.8 Å². The summed E-state index contributed by atoms with van der Waals surface area (Å²) in [6, 6.07) is -1.01. The third-order valence-corrected chi connectivity index (χ3v) is 11.2. The molecule has 1 N–H and O–H groups in total. The Labute approximate surface area is 315 Å². The molecule has 3 aliphatic heterocycles. The minimum Gasteiger partial charge on any atom is -0.662 e. The largest absolute Gasteiger partial charge is 2.00 e. The van der Waals surface area contributed by atoms with E-state index in [9.17, 15) is 19.5 Å². The number of ketones is 1. The van der Waals surface area contributed by atoms with Gasteiger partial charge in [0.05, 0.1) is 19.3 Å². The Morgan fingerprint density at radius 2 is 1.82 bits per heavy atom. The fourth-order valence-corrected chi connectivity index (χ4v) is 8.29. The van der Waals surface area contributed by atoms with Gasteiger partial charge in [0.15, 0.2) is 5.78 Å². The summed E-state index contributed by atoms with van der Waals surface area (Å²) in [6.07, 6.45) is 10.5. The Hall–Kier alpha value is -3.64. The topological polar surface area (TPSA) is 146 Å². The van der Waals surface area contributed by atoms with Crippen LogP contribution in [-0.2, 0) is 19.1 Å². The number of carbonyl (C=O) groups excluding carboxylic acids is 3. The van der Waals surface area contributed by atoms with Gasteiger partial charge in [0.25, 0.3) is 0 Å². The SMILES string of the molecule is C=CC1/C2=C/c3[n-]c(/c(=C/C)c3C)=C\c3[n-]c4c(c3C)C(=O)[C@H](C(=O)OC)C4C3[N-]C(/C=C(\[N-]2)[C@]1(C)O)[C@@H](C)[C@@H]3CCC(=O)OCCC(=C)C.[Mg+2]. The van der Waals surface area contributed by atoms with Crippen molar-refractivity contribution < 1.29 is 29.0 Å². The van der Waals surface area contributed by atoms with Crippen LogP contribution in [0.25, 0.3) is 28.9 Å². The molecule has 0 saturated carbocycles. The summed E-state index contributed by atoms with van der Waals surface area (Å²) in [5.74, 6) is -4.04. The molecule has 5 heterocycles. The van der Waals surface area contributed by atoms with Crippen molar-refractivity contribution in [3.05, 3.63) is 97.3 Å². The number of methoxy groups -OCH3 is 1. The van der Waals surface area contributed by atoms with E-state index in [2.05, 4.69) is 20.1 Å². The van der Waals surface area contributed by atoms with E-state index in [1.807, 2.05) is 52.0 Å². The molecule has 4 unspecified atom stereocenters. The number of nitrogens with zero attached hydrogens (tertiary/aromatic N) is 4. The number of aromatic nitrogens is 2. The summed E-state index contributed by atoms with van der Waals surface area (Å²) in [5.41, 5.74) is 4.51. The van der Waals surface area contributed by atoms with Crippen LogP contribution in [0.1, 0.15) is 91.4 Å². The number of fused-ring (bicyclic) bond motifs is 8. The van der Waals surface area contributed by atoms with Crippen LogP contribution in [0, 0.1) is 37.5 Å². The number of esters is 2. The second kappa shape index (κ2) is 14.8. The first-order chi connectivity index (χ1) is 23.7. The van der Waals surface area contributed by atoms with Crippen molar-refractivity contribution in [2.75, 3.05) is 13.7 Å².